The largest absolute Gasteiger partial charge is 0.301 e. The summed E-state index contributed by atoms with van der Waals surface area (Å²) in [5.41, 5.74) is 1.57. The molecule has 1 aromatic rings. The van der Waals surface area contributed by atoms with Crippen LogP contribution in [0.15, 0.2) is 23.3 Å². The van der Waals surface area contributed by atoms with Gasteiger partial charge in [0.1, 0.15) is 10.9 Å². The van der Waals surface area contributed by atoms with Crippen molar-refractivity contribution < 1.29 is 9.85 Å². The number of halogens is 1. The van der Waals surface area contributed by atoms with Gasteiger partial charge in [-0.15, -0.1) is 0 Å². The first-order chi connectivity index (χ1) is 7.91. The number of nitro benzene ring substituents is 2. The molecule has 0 heterocycles. The van der Waals surface area contributed by atoms with Crippen molar-refractivity contribution in [1.82, 2.24) is 0 Å². The van der Waals surface area contributed by atoms with Crippen molar-refractivity contribution in [3.63, 3.8) is 0 Å². The maximum atomic E-state index is 10.7. The van der Waals surface area contributed by atoms with E-state index in [-0.39, 0.29) is 16.5 Å². The number of anilines is 1. The Labute approximate surface area is 100 Å². The molecule has 0 fully saturated rings. The molecule has 0 atom stereocenters. The standard InChI is InChI=1S/C8H7ClN4O4/c1-5(9)10-11-7-3-2-6(12(14)15)4-8(7)13(16)17/h2-4,11H,1H3/b10-5+. The second-order valence-corrected chi connectivity index (χ2v) is 3.48. The molecule has 0 aliphatic carbocycles. The summed E-state index contributed by atoms with van der Waals surface area (Å²) >= 11 is 5.45. The van der Waals surface area contributed by atoms with Crippen LogP contribution >= 0.6 is 11.6 Å². The fourth-order valence-corrected chi connectivity index (χ4v) is 1.06. The molecule has 9 heteroatoms. The molecule has 0 radical (unpaired) electrons. The van der Waals surface area contributed by atoms with Crippen molar-refractivity contribution >= 4 is 33.8 Å². The van der Waals surface area contributed by atoms with Gasteiger partial charge in [0.25, 0.3) is 5.69 Å². The summed E-state index contributed by atoms with van der Waals surface area (Å²) in [6, 6.07) is 3.18. The van der Waals surface area contributed by atoms with Gasteiger partial charge in [0.05, 0.1) is 15.9 Å². The van der Waals surface area contributed by atoms with Gasteiger partial charge in [-0.2, -0.15) is 5.10 Å². The SMILES string of the molecule is C/C(Cl)=N\Nc1ccc([N+](=O)[O-])cc1[N+](=O)[O-]. The molecule has 0 bridgehead atoms. The molecule has 0 aliphatic rings. The van der Waals surface area contributed by atoms with Gasteiger partial charge in [-0.1, -0.05) is 11.6 Å². The number of nitrogens with zero attached hydrogens (tertiary/aromatic N) is 3. The van der Waals surface area contributed by atoms with Gasteiger partial charge in [0.15, 0.2) is 0 Å². The van der Waals surface area contributed by atoms with Crippen LogP contribution in [0.2, 0.25) is 0 Å². The molecule has 0 aromatic heterocycles. The first-order valence-corrected chi connectivity index (χ1v) is 4.68. The van der Waals surface area contributed by atoms with E-state index in [9.17, 15) is 20.2 Å². The first kappa shape index (κ1) is 12.8. The smallest absolute Gasteiger partial charge is 0.271 e. The second-order valence-electron chi connectivity index (χ2n) is 2.94. The van der Waals surface area contributed by atoms with Crippen LogP contribution in [0.4, 0.5) is 17.1 Å². The Morgan fingerprint density at radius 1 is 1.35 bits per heavy atom. The lowest BCUT2D eigenvalue weighted by molar-refractivity contribution is -0.393. The maximum Gasteiger partial charge on any atom is 0.301 e. The van der Waals surface area contributed by atoms with Crippen molar-refractivity contribution in [1.29, 1.82) is 0 Å². The third-order valence-electron chi connectivity index (χ3n) is 1.72. The van der Waals surface area contributed by atoms with Crippen molar-refractivity contribution in [2.24, 2.45) is 5.10 Å². The summed E-state index contributed by atoms with van der Waals surface area (Å²) in [6.45, 7) is 1.48. The summed E-state index contributed by atoms with van der Waals surface area (Å²) in [5, 5.41) is 24.9. The number of hydrazone groups is 1. The number of non-ortho nitro benzene ring substituents is 1. The van der Waals surface area contributed by atoms with Crippen molar-refractivity contribution in [2.45, 2.75) is 6.92 Å². The third-order valence-corrected chi connectivity index (χ3v) is 1.80. The molecule has 1 rings (SSSR count). The highest BCUT2D eigenvalue weighted by Gasteiger charge is 2.19. The zero-order valence-electron chi connectivity index (χ0n) is 8.58. The van der Waals surface area contributed by atoms with Gasteiger partial charge in [-0.05, 0) is 13.0 Å². The molecule has 1 aromatic carbocycles. The van der Waals surface area contributed by atoms with Crippen molar-refractivity contribution in [3.05, 3.63) is 38.4 Å². The Balaban J connectivity index is 3.18. The van der Waals surface area contributed by atoms with E-state index in [2.05, 4.69) is 10.5 Å². The minimum Gasteiger partial charge on any atom is -0.271 e. The van der Waals surface area contributed by atoms with Crippen LogP contribution in [0.25, 0.3) is 0 Å². The lowest BCUT2D eigenvalue weighted by Crippen LogP contribution is -1.99. The van der Waals surface area contributed by atoms with E-state index in [1.807, 2.05) is 0 Å². The molecule has 0 saturated heterocycles. The maximum absolute atomic E-state index is 10.7. The van der Waals surface area contributed by atoms with Crippen LogP contribution in [-0.2, 0) is 0 Å². The Morgan fingerprint density at radius 2 is 2.00 bits per heavy atom. The number of hydrogen-bond acceptors (Lipinski definition) is 6. The first-order valence-electron chi connectivity index (χ1n) is 4.30. The predicted octanol–water partition coefficient (Wildman–Crippen LogP) is 2.49. The van der Waals surface area contributed by atoms with Crippen LogP contribution in [-0.4, -0.2) is 15.0 Å². The van der Waals surface area contributed by atoms with Crippen LogP contribution in [0.5, 0.6) is 0 Å². The summed E-state index contributed by atoms with van der Waals surface area (Å²) in [7, 11) is 0. The average Bonchev–Trinajstić information content (AvgIpc) is 2.25. The molecule has 0 unspecified atom stereocenters. The Morgan fingerprint density at radius 3 is 2.47 bits per heavy atom. The number of nitro groups is 2. The minimum atomic E-state index is -0.742. The lowest BCUT2D eigenvalue weighted by Gasteiger charge is -2.01. The normalized spacial score (nSPS) is 11.1. The van der Waals surface area contributed by atoms with Crippen LogP contribution in [0, 0.1) is 20.2 Å². The average molecular weight is 259 g/mol. The number of rotatable bonds is 4. The highest BCUT2D eigenvalue weighted by atomic mass is 35.5. The zero-order valence-corrected chi connectivity index (χ0v) is 9.34. The van der Waals surface area contributed by atoms with Gasteiger partial charge < -0.3 is 0 Å². The Kier molecular flexibility index (Phi) is 3.94. The molecule has 8 nitrogen and oxygen atoms in total. The fourth-order valence-electron chi connectivity index (χ4n) is 1.02. The molecule has 90 valence electrons. The fraction of sp³-hybridized carbons (Fsp3) is 0.125. The van der Waals surface area contributed by atoms with Gasteiger partial charge in [-0.25, -0.2) is 0 Å². The highest BCUT2D eigenvalue weighted by molar-refractivity contribution is 6.64. The van der Waals surface area contributed by atoms with Gasteiger partial charge in [0, 0.05) is 6.07 Å². The second kappa shape index (κ2) is 5.21. The number of benzene rings is 1. The molecule has 0 spiro atoms. The Hall–Kier alpha value is -2.22. The summed E-state index contributed by atoms with van der Waals surface area (Å²) in [5.74, 6) is 0. The van der Waals surface area contributed by atoms with Crippen LogP contribution in [0.3, 0.4) is 0 Å². The molecule has 1 N–H and O–H groups in total. The van der Waals surface area contributed by atoms with E-state index in [0.29, 0.717) is 0 Å². The van der Waals surface area contributed by atoms with E-state index in [4.69, 9.17) is 11.6 Å². The van der Waals surface area contributed by atoms with Crippen LogP contribution < -0.4 is 5.43 Å². The van der Waals surface area contributed by atoms with Gasteiger partial charge in [0.2, 0.25) is 0 Å². The predicted molar refractivity (Wildman–Crippen MR) is 62.3 cm³/mol. The van der Waals surface area contributed by atoms with Crippen molar-refractivity contribution in [2.75, 3.05) is 5.43 Å². The number of hydrogen-bond donors (Lipinski definition) is 1. The molecule has 0 aliphatic heterocycles. The van der Waals surface area contributed by atoms with Gasteiger partial charge in [-0.3, -0.25) is 25.7 Å². The monoisotopic (exact) mass is 258 g/mol. The highest BCUT2D eigenvalue weighted by Crippen LogP contribution is 2.28. The summed E-state index contributed by atoms with van der Waals surface area (Å²) in [4.78, 5) is 19.7. The lowest BCUT2D eigenvalue weighted by atomic mass is 10.2. The van der Waals surface area contributed by atoms with E-state index in [1.54, 1.807) is 0 Å². The summed E-state index contributed by atoms with van der Waals surface area (Å²) in [6.07, 6.45) is 0. The van der Waals surface area contributed by atoms with E-state index in [0.717, 1.165) is 12.1 Å². The number of nitrogens with one attached hydrogen (secondary N) is 1. The third kappa shape index (κ3) is 3.38. The molecule has 0 saturated carbocycles. The molecule has 0 amide bonds. The molecule has 17 heavy (non-hydrogen) atoms. The molecular formula is C8H7ClN4O4. The minimum absolute atomic E-state index is 0.0283. The van der Waals surface area contributed by atoms with E-state index >= 15 is 0 Å². The van der Waals surface area contributed by atoms with E-state index in [1.165, 1.54) is 13.0 Å². The summed E-state index contributed by atoms with van der Waals surface area (Å²) < 4.78 is 0. The van der Waals surface area contributed by atoms with E-state index < -0.39 is 15.5 Å². The topological polar surface area (TPSA) is 111 Å². The van der Waals surface area contributed by atoms with Gasteiger partial charge >= 0.3 is 5.69 Å². The quantitative estimate of drug-likeness (QED) is 0.507. The molecular weight excluding hydrogens is 252 g/mol. The zero-order chi connectivity index (χ0) is 13.0. The van der Waals surface area contributed by atoms with Crippen molar-refractivity contribution in [3.8, 4) is 0 Å². The Bertz CT molecular complexity index is 498. The van der Waals surface area contributed by atoms with Crippen LogP contribution in [0.1, 0.15) is 6.92 Å².